The minimum atomic E-state index is -0.00978. The van der Waals surface area contributed by atoms with Crippen molar-refractivity contribution in [1.29, 1.82) is 5.26 Å². The summed E-state index contributed by atoms with van der Waals surface area (Å²) in [5, 5.41) is 9.79. The number of fused-ring (bicyclic) bond motifs is 5. The summed E-state index contributed by atoms with van der Waals surface area (Å²) >= 11 is 0. The summed E-state index contributed by atoms with van der Waals surface area (Å²) in [7, 11) is 0. The van der Waals surface area contributed by atoms with Gasteiger partial charge in [0.25, 0.3) is 0 Å². The van der Waals surface area contributed by atoms with E-state index < -0.39 is 0 Å². The maximum Gasteiger partial charge on any atom is 0.161 e. The van der Waals surface area contributed by atoms with E-state index in [1.165, 1.54) is 47.1 Å². The average molecular weight is 642 g/mol. The standard InChI is InChI=1S/C47H35N3/c48-31-32-21-23-39-41-29-36(22-24-42(41)47(43(39)27-32)25-10-3-11-26-47)38-19-8-9-20-40(38)46-49-44(34-15-6-2-7-16-34)30-45(50-46)37-18-12-17-35(28-37)33-13-4-1-5-14-33/h1-2,4-9,12-24,27-30H,3,10-11,25-26H2. The van der Waals surface area contributed by atoms with Gasteiger partial charge in [0.15, 0.2) is 5.82 Å². The van der Waals surface area contributed by atoms with Crippen molar-refractivity contribution in [3.8, 4) is 73.4 Å². The zero-order valence-corrected chi connectivity index (χ0v) is 27.8. The van der Waals surface area contributed by atoms with Crippen LogP contribution in [-0.2, 0) is 5.41 Å². The zero-order chi connectivity index (χ0) is 33.5. The van der Waals surface area contributed by atoms with Crippen molar-refractivity contribution >= 4 is 0 Å². The summed E-state index contributed by atoms with van der Waals surface area (Å²) in [6, 6.07) is 55.8. The molecule has 2 aliphatic carbocycles. The molecule has 0 amide bonds. The maximum atomic E-state index is 9.79. The first-order valence-corrected chi connectivity index (χ1v) is 17.6. The fourth-order valence-electron chi connectivity index (χ4n) is 8.33. The molecule has 238 valence electrons. The van der Waals surface area contributed by atoms with Crippen LogP contribution >= 0.6 is 0 Å². The van der Waals surface area contributed by atoms with E-state index in [1.807, 2.05) is 18.2 Å². The molecule has 0 bridgehead atoms. The van der Waals surface area contributed by atoms with Gasteiger partial charge in [0.1, 0.15) is 0 Å². The molecule has 6 aromatic carbocycles. The van der Waals surface area contributed by atoms with Crippen LogP contribution in [0, 0.1) is 11.3 Å². The lowest BCUT2D eigenvalue weighted by Gasteiger charge is -2.36. The minimum absolute atomic E-state index is 0.00978. The zero-order valence-electron chi connectivity index (χ0n) is 27.8. The van der Waals surface area contributed by atoms with Crippen LogP contribution in [0.15, 0.2) is 152 Å². The highest BCUT2D eigenvalue weighted by Crippen LogP contribution is 2.56. The molecule has 50 heavy (non-hydrogen) atoms. The SMILES string of the molecule is N#Cc1ccc2c(c1)C1(CCCCC1)c1ccc(-c3ccccc3-c3nc(-c4ccccc4)cc(-c4cccc(-c5ccccc5)c4)n3)cc1-2. The number of hydrogen-bond acceptors (Lipinski definition) is 3. The second kappa shape index (κ2) is 12.4. The molecule has 0 aliphatic heterocycles. The molecule has 1 saturated carbocycles. The predicted molar refractivity (Wildman–Crippen MR) is 203 cm³/mol. The summed E-state index contributed by atoms with van der Waals surface area (Å²) < 4.78 is 0. The molecule has 1 spiro atoms. The fraction of sp³-hybridized carbons (Fsp3) is 0.128. The quantitative estimate of drug-likeness (QED) is 0.188. The smallest absolute Gasteiger partial charge is 0.161 e. The van der Waals surface area contributed by atoms with Gasteiger partial charge in [-0.3, -0.25) is 0 Å². The first kappa shape index (κ1) is 30.0. The molecule has 2 aliphatic rings. The first-order valence-electron chi connectivity index (χ1n) is 17.6. The molecule has 1 heterocycles. The summed E-state index contributed by atoms with van der Waals surface area (Å²) in [5.74, 6) is 0.699. The fourth-order valence-corrected chi connectivity index (χ4v) is 8.33. The third-order valence-corrected chi connectivity index (χ3v) is 10.7. The molecular weight excluding hydrogens is 607 g/mol. The number of aromatic nitrogens is 2. The molecule has 0 saturated heterocycles. The van der Waals surface area contributed by atoms with Crippen molar-refractivity contribution in [1.82, 2.24) is 9.97 Å². The van der Waals surface area contributed by atoms with Crippen molar-refractivity contribution < 1.29 is 0 Å². The summed E-state index contributed by atoms with van der Waals surface area (Å²) in [6.07, 6.45) is 5.96. The van der Waals surface area contributed by atoms with E-state index >= 15 is 0 Å². The third kappa shape index (κ3) is 5.13. The number of rotatable bonds is 5. The van der Waals surface area contributed by atoms with Crippen LogP contribution in [0.5, 0.6) is 0 Å². The van der Waals surface area contributed by atoms with E-state index in [0.29, 0.717) is 5.82 Å². The Balaban J connectivity index is 1.20. The number of nitriles is 1. The van der Waals surface area contributed by atoms with E-state index in [9.17, 15) is 5.26 Å². The van der Waals surface area contributed by atoms with Gasteiger partial charge in [-0.2, -0.15) is 5.26 Å². The Morgan fingerprint density at radius 1 is 0.440 bits per heavy atom. The average Bonchev–Trinajstić information content (AvgIpc) is 3.45. The van der Waals surface area contributed by atoms with Crippen molar-refractivity contribution in [2.45, 2.75) is 37.5 Å². The largest absolute Gasteiger partial charge is 0.228 e. The molecule has 9 rings (SSSR count). The minimum Gasteiger partial charge on any atom is -0.228 e. The van der Waals surface area contributed by atoms with Gasteiger partial charge < -0.3 is 0 Å². The third-order valence-electron chi connectivity index (χ3n) is 10.7. The Kier molecular flexibility index (Phi) is 7.44. The summed E-state index contributed by atoms with van der Waals surface area (Å²) in [5.41, 5.74) is 15.5. The lowest BCUT2D eigenvalue weighted by molar-refractivity contribution is 0.353. The Morgan fingerprint density at radius 3 is 1.86 bits per heavy atom. The monoisotopic (exact) mass is 641 g/mol. The molecule has 0 unspecified atom stereocenters. The topological polar surface area (TPSA) is 49.6 Å². The Morgan fingerprint density at radius 2 is 1.10 bits per heavy atom. The van der Waals surface area contributed by atoms with Crippen LogP contribution in [-0.4, -0.2) is 9.97 Å². The van der Waals surface area contributed by atoms with Gasteiger partial charge in [0, 0.05) is 22.1 Å². The highest BCUT2D eigenvalue weighted by molar-refractivity contribution is 5.89. The van der Waals surface area contributed by atoms with Crippen LogP contribution in [0.1, 0.15) is 48.8 Å². The predicted octanol–water partition coefficient (Wildman–Crippen LogP) is 11.9. The molecule has 7 aromatic rings. The Labute approximate surface area is 293 Å². The lowest BCUT2D eigenvalue weighted by atomic mass is 9.67. The van der Waals surface area contributed by atoms with Crippen LogP contribution in [0.2, 0.25) is 0 Å². The van der Waals surface area contributed by atoms with Gasteiger partial charge in [0.2, 0.25) is 0 Å². The van der Waals surface area contributed by atoms with E-state index in [0.717, 1.165) is 63.2 Å². The molecular formula is C47H35N3. The van der Waals surface area contributed by atoms with E-state index in [1.54, 1.807) is 0 Å². The maximum absolute atomic E-state index is 9.79. The Bertz CT molecular complexity index is 2410. The first-order chi connectivity index (χ1) is 24.7. The van der Waals surface area contributed by atoms with E-state index in [-0.39, 0.29) is 5.41 Å². The van der Waals surface area contributed by atoms with Crippen molar-refractivity contribution in [3.63, 3.8) is 0 Å². The van der Waals surface area contributed by atoms with Crippen LogP contribution in [0.3, 0.4) is 0 Å². The van der Waals surface area contributed by atoms with Crippen LogP contribution in [0.4, 0.5) is 0 Å². The summed E-state index contributed by atoms with van der Waals surface area (Å²) in [4.78, 5) is 10.5. The van der Waals surface area contributed by atoms with Gasteiger partial charge in [-0.1, -0.05) is 141 Å². The second-order valence-corrected chi connectivity index (χ2v) is 13.6. The molecule has 1 fully saturated rings. The van der Waals surface area contributed by atoms with E-state index in [2.05, 4.69) is 140 Å². The van der Waals surface area contributed by atoms with E-state index in [4.69, 9.17) is 9.97 Å². The number of nitrogens with zero attached hydrogens (tertiary/aromatic N) is 3. The molecule has 0 radical (unpaired) electrons. The normalized spacial score (nSPS) is 14.1. The van der Waals surface area contributed by atoms with Crippen LogP contribution < -0.4 is 0 Å². The highest BCUT2D eigenvalue weighted by atomic mass is 14.9. The summed E-state index contributed by atoms with van der Waals surface area (Å²) in [6.45, 7) is 0. The molecule has 1 aromatic heterocycles. The van der Waals surface area contributed by atoms with Gasteiger partial charge >= 0.3 is 0 Å². The lowest BCUT2D eigenvalue weighted by Crippen LogP contribution is -2.28. The molecule has 3 heteroatoms. The highest BCUT2D eigenvalue weighted by Gasteiger charge is 2.44. The van der Waals surface area contributed by atoms with Gasteiger partial charge in [-0.25, -0.2) is 9.97 Å². The van der Waals surface area contributed by atoms with Crippen molar-refractivity contribution in [2.75, 3.05) is 0 Å². The van der Waals surface area contributed by atoms with Gasteiger partial charge in [-0.05, 0) is 87.7 Å². The molecule has 0 atom stereocenters. The molecule has 0 N–H and O–H groups in total. The van der Waals surface area contributed by atoms with Crippen molar-refractivity contribution in [3.05, 3.63) is 168 Å². The van der Waals surface area contributed by atoms with Gasteiger partial charge in [0.05, 0.1) is 23.0 Å². The van der Waals surface area contributed by atoms with Crippen molar-refractivity contribution in [2.24, 2.45) is 0 Å². The number of benzene rings is 6. The molecule has 3 nitrogen and oxygen atoms in total. The van der Waals surface area contributed by atoms with Crippen LogP contribution in [0.25, 0.3) is 67.3 Å². The Hall–Kier alpha value is -6.11. The number of hydrogen-bond donors (Lipinski definition) is 0. The second-order valence-electron chi connectivity index (χ2n) is 13.6. The van der Waals surface area contributed by atoms with Gasteiger partial charge in [-0.15, -0.1) is 0 Å².